The average molecular weight is 364 g/mol. The van der Waals surface area contributed by atoms with E-state index in [1.807, 2.05) is 13.8 Å². The van der Waals surface area contributed by atoms with E-state index in [4.69, 9.17) is 9.26 Å². The maximum atomic E-state index is 12.4. The van der Waals surface area contributed by atoms with E-state index < -0.39 is 0 Å². The summed E-state index contributed by atoms with van der Waals surface area (Å²) in [7, 11) is 0. The number of rotatable bonds is 6. The fourth-order valence-corrected chi connectivity index (χ4v) is 3.80. The first-order valence-electron chi connectivity index (χ1n) is 8.50. The molecule has 1 amide bonds. The van der Waals surface area contributed by atoms with Crippen LogP contribution in [0.4, 0.5) is 5.82 Å². The van der Waals surface area contributed by atoms with Gasteiger partial charge in [-0.3, -0.25) is 4.79 Å². The number of amides is 1. The number of aromatic nitrogens is 3. The van der Waals surface area contributed by atoms with Crippen molar-refractivity contribution in [1.82, 2.24) is 14.7 Å². The van der Waals surface area contributed by atoms with Crippen molar-refractivity contribution in [2.75, 3.05) is 11.9 Å². The quantitative estimate of drug-likeness (QED) is 0.793. The van der Waals surface area contributed by atoms with Crippen LogP contribution in [0.2, 0.25) is 0 Å². The van der Waals surface area contributed by atoms with Crippen LogP contribution in [0.1, 0.15) is 36.9 Å². The Balaban J connectivity index is 1.68. The Morgan fingerprint density at radius 1 is 1.48 bits per heavy atom. The van der Waals surface area contributed by atoms with Gasteiger partial charge in [0, 0.05) is 18.4 Å². The molecular weight excluding hydrogens is 340 g/mol. The van der Waals surface area contributed by atoms with Crippen molar-refractivity contribution < 1.29 is 14.1 Å². The Morgan fingerprint density at radius 2 is 2.28 bits per heavy atom. The normalized spacial score (nSPS) is 18.5. The van der Waals surface area contributed by atoms with Gasteiger partial charge in [-0.05, 0) is 40.5 Å². The van der Waals surface area contributed by atoms with Gasteiger partial charge in [0.05, 0.1) is 23.6 Å². The molecule has 8 heteroatoms. The van der Waals surface area contributed by atoms with Crippen LogP contribution in [-0.4, -0.2) is 38.6 Å². The van der Waals surface area contributed by atoms with Crippen molar-refractivity contribution in [3.05, 3.63) is 23.2 Å². The first-order chi connectivity index (χ1) is 11.9. The van der Waals surface area contributed by atoms with E-state index in [0.717, 1.165) is 42.5 Å². The smallest absolute Gasteiger partial charge is 0.238 e. The number of nitrogens with one attached hydrogen (secondary N) is 1. The maximum absolute atomic E-state index is 12.4. The Hall–Kier alpha value is -1.80. The highest BCUT2D eigenvalue weighted by Gasteiger charge is 2.23. The molecular formula is C17H24N4O3S. The Morgan fingerprint density at radius 3 is 2.92 bits per heavy atom. The highest BCUT2D eigenvalue weighted by Crippen LogP contribution is 2.27. The molecule has 0 spiro atoms. The van der Waals surface area contributed by atoms with Gasteiger partial charge >= 0.3 is 0 Å². The second-order valence-electron chi connectivity index (χ2n) is 6.38. The minimum absolute atomic E-state index is 0.125. The highest BCUT2D eigenvalue weighted by molar-refractivity contribution is 8.00. The van der Waals surface area contributed by atoms with Gasteiger partial charge in [-0.25, -0.2) is 4.98 Å². The molecule has 1 aliphatic heterocycles. The van der Waals surface area contributed by atoms with Gasteiger partial charge < -0.3 is 19.1 Å². The topological polar surface area (TPSA) is 82.2 Å². The van der Waals surface area contributed by atoms with Crippen LogP contribution in [0.5, 0.6) is 0 Å². The Bertz CT molecular complexity index is 749. The van der Waals surface area contributed by atoms with E-state index in [1.165, 1.54) is 11.8 Å². The number of aryl methyl sites for hydroxylation is 2. The van der Waals surface area contributed by atoms with Crippen LogP contribution in [0.3, 0.4) is 0 Å². The van der Waals surface area contributed by atoms with Gasteiger partial charge in [0.25, 0.3) is 0 Å². The molecule has 1 aliphatic rings. The van der Waals surface area contributed by atoms with Crippen molar-refractivity contribution in [1.29, 1.82) is 0 Å². The molecule has 0 bridgehead atoms. The lowest BCUT2D eigenvalue weighted by atomic mass is 10.2. The third-order valence-corrected chi connectivity index (χ3v) is 5.45. The number of thioether (sulfide) groups is 1. The monoisotopic (exact) mass is 364 g/mol. The summed E-state index contributed by atoms with van der Waals surface area (Å²) in [5.74, 6) is 0.972. The maximum Gasteiger partial charge on any atom is 0.238 e. The van der Waals surface area contributed by atoms with Gasteiger partial charge in [-0.2, -0.15) is 0 Å². The SMILES string of the molecule is Cc1cc(NC(=O)[C@H](C)Sc2nc(C)c(C)n2C[C@H]2CCCO2)no1. The van der Waals surface area contributed by atoms with Crippen molar-refractivity contribution in [2.24, 2.45) is 0 Å². The summed E-state index contributed by atoms with van der Waals surface area (Å²) in [5.41, 5.74) is 2.11. The van der Waals surface area contributed by atoms with Crippen molar-refractivity contribution >= 4 is 23.5 Å². The van der Waals surface area contributed by atoms with Crippen molar-refractivity contribution in [3.63, 3.8) is 0 Å². The Labute approximate surface area is 151 Å². The van der Waals surface area contributed by atoms with E-state index in [2.05, 4.69) is 26.9 Å². The number of hydrogen-bond donors (Lipinski definition) is 1. The Kier molecular flexibility index (Phi) is 5.48. The first kappa shape index (κ1) is 18.0. The molecule has 3 rings (SSSR count). The molecule has 1 N–H and O–H groups in total. The fourth-order valence-electron chi connectivity index (χ4n) is 2.79. The third kappa shape index (κ3) is 4.24. The summed E-state index contributed by atoms with van der Waals surface area (Å²) < 4.78 is 12.9. The minimum atomic E-state index is -0.304. The van der Waals surface area contributed by atoms with Crippen LogP contribution in [0.25, 0.3) is 0 Å². The van der Waals surface area contributed by atoms with Gasteiger partial charge in [-0.1, -0.05) is 16.9 Å². The molecule has 2 aromatic rings. The van der Waals surface area contributed by atoms with Crippen LogP contribution in [0, 0.1) is 20.8 Å². The molecule has 1 fully saturated rings. The lowest BCUT2D eigenvalue weighted by Gasteiger charge is -2.16. The van der Waals surface area contributed by atoms with Gasteiger partial charge in [0.1, 0.15) is 5.76 Å². The van der Waals surface area contributed by atoms with Gasteiger partial charge in [0.15, 0.2) is 11.0 Å². The third-order valence-electron chi connectivity index (χ3n) is 4.36. The first-order valence-corrected chi connectivity index (χ1v) is 9.38. The molecule has 0 aromatic carbocycles. The molecule has 136 valence electrons. The average Bonchev–Trinajstić information content (AvgIpc) is 3.27. The molecule has 7 nitrogen and oxygen atoms in total. The number of hydrogen-bond acceptors (Lipinski definition) is 6. The second-order valence-corrected chi connectivity index (χ2v) is 7.69. The van der Waals surface area contributed by atoms with Crippen molar-refractivity contribution in [2.45, 2.75) is 63.6 Å². The summed E-state index contributed by atoms with van der Waals surface area (Å²) in [5, 5.41) is 7.11. The molecule has 25 heavy (non-hydrogen) atoms. The van der Waals surface area contributed by atoms with E-state index in [0.29, 0.717) is 11.6 Å². The summed E-state index contributed by atoms with van der Waals surface area (Å²) in [6, 6.07) is 1.70. The molecule has 0 unspecified atom stereocenters. The van der Waals surface area contributed by atoms with E-state index >= 15 is 0 Å². The number of anilines is 1. The zero-order valence-electron chi connectivity index (χ0n) is 15.0. The molecule has 0 aliphatic carbocycles. The predicted molar refractivity (Wildman–Crippen MR) is 95.9 cm³/mol. The fraction of sp³-hybridized carbons (Fsp3) is 0.588. The molecule has 1 saturated heterocycles. The number of carbonyl (C=O) groups is 1. The summed E-state index contributed by atoms with van der Waals surface area (Å²) >= 11 is 1.45. The van der Waals surface area contributed by atoms with E-state index in [1.54, 1.807) is 13.0 Å². The van der Waals surface area contributed by atoms with Crippen molar-refractivity contribution in [3.8, 4) is 0 Å². The van der Waals surface area contributed by atoms with Crippen LogP contribution >= 0.6 is 11.8 Å². The van der Waals surface area contributed by atoms with E-state index in [9.17, 15) is 4.79 Å². The van der Waals surface area contributed by atoms with Crippen LogP contribution in [-0.2, 0) is 16.1 Å². The number of imidazole rings is 1. The zero-order valence-corrected chi connectivity index (χ0v) is 15.9. The molecule has 0 saturated carbocycles. The highest BCUT2D eigenvalue weighted by atomic mass is 32.2. The minimum Gasteiger partial charge on any atom is -0.376 e. The standard InChI is InChI=1S/C17H24N4O3S/c1-10-8-15(20-24-10)19-16(22)13(4)25-17-18-11(2)12(3)21(17)9-14-6-5-7-23-14/h8,13-14H,5-7,9H2,1-4H3,(H,19,20,22)/t13-,14+/m0/s1. The molecule has 0 radical (unpaired) electrons. The van der Waals surface area contributed by atoms with Gasteiger partial charge in [-0.15, -0.1) is 0 Å². The zero-order chi connectivity index (χ0) is 18.0. The molecule has 2 aromatic heterocycles. The molecule has 3 heterocycles. The number of ether oxygens (including phenoxy) is 1. The lowest BCUT2D eigenvalue weighted by molar-refractivity contribution is -0.115. The lowest BCUT2D eigenvalue weighted by Crippen LogP contribution is -2.24. The second kappa shape index (κ2) is 7.61. The predicted octanol–water partition coefficient (Wildman–Crippen LogP) is 3.09. The summed E-state index contributed by atoms with van der Waals surface area (Å²) in [6.45, 7) is 9.32. The number of carbonyl (C=O) groups excluding carboxylic acids is 1. The van der Waals surface area contributed by atoms with Gasteiger partial charge in [0.2, 0.25) is 5.91 Å². The number of nitrogens with zero attached hydrogens (tertiary/aromatic N) is 3. The molecule has 2 atom stereocenters. The van der Waals surface area contributed by atoms with Crippen LogP contribution < -0.4 is 5.32 Å². The van der Waals surface area contributed by atoms with E-state index in [-0.39, 0.29) is 17.3 Å². The summed E-state index contributed by atoms with van der Waals surface area (Å²) in [6.07, 6.45) is 2.41. The largest absolute Gasteiger partial charge is 0.376 e. The summed E-state index contributed by atoms with van der Waals surface area (Å²) in [4.78, 5) is 17.0. The van der Waals surface area contributed by atoms with Crippen LogP contribution in [0.15, 0.2) is 15.7 Å².